The average molecular weight is 629 g/mol. The fourth-order valence-corrected chi connectivity index (χ4v) is 4.62. The molecule has 1 atom stereocenters. The van der Waals surface area contributed by atoms with Crippen LogP contribution in [-0.2, 0) is 25.6 Å². The zero-order valence-corrected chi connectivity index (χ0v) is 26.4. The van der Waals surface area contributed by atoms with Crippen LogP contribution in [0, 0.1) is 11.6 Å². The Morgan fingerprint density at radius 1 is 1.04 bits per heavy atom. The first-order chi connectivity index (χ1) is 21.2. The van der Waals surface area contributed by atoms with Crippen LogP contribution in [0.4, 0.5) is 19.3 Å². The Kier molecular flexibility index (Phi) is 10.2. The minimum atomic E-state index is -1.01. The van der Waals surface area contributed by atoms with Gasteiger partial charge in [-0.15, -0.1) is 0 Å². The third-order valence-electron chi connectivity index (χ3n) is 6.67. The molecule has 12 heteroatoms. The van der Waals surface area contributed by atoms with Gasteiger partial charge in [-0.2, -0.15) is 0 Å². The predicted molar refractivity (Wildman–Crippen MR) is 162 cm³/mol. The predicted octanol–water partition coefficient (Wildman–Crippen LogP) is 6.72. The summed E-state index contributed by atoms with van der Waals surface area (Å²) < 4.78 is 61.1. The number of esters is 1. The van der Waals surface area contributed by atoms with Crippen molar-refractivity contribution in [2.45, 2.75) is 58.7 Å². The molecule has 0 bridgehead atoms. The Morgan fingerprint density at radius 3 is 2.33 bits per heavy atom. The molecule has 0 saturated carbocycles. The summed E-state index contributed by atoms with van der Waals surface area (Å²) >= 11 is 0. The average Bonchev–Trinajstić information content (AvgIpc) is 3.33. The molecule has 0 radical (unpaired) electrons. The lowest BCUT2D eigenvalue weighted by molar-refractivity contribution is -0.139. The topological polar surface area (TPSA) is 105 Å². The number of hydrazine groups is 1. The number of benzene rings is 3. The fourth-order valence-electron chi connectivity index (χ4n) is 4.62. The lowest BCUT2D eigenvalue weighted by atomic mass is 10.0. The first kappa shape index (κ1) is 33.5. The van der Waals surface area contributed by atoms with Crippen molar-refractivity contribution in [3.8, 4) is 22.6 Å². The normalized spacial score (nSPS) is 15.7. The number of nitrogens with zero attached hydrogens (tertiary/aromatic N) is 1. The second-order valence-electron chi connectivity index (χ2n) is 11.8. The molecule has 3 aromatic rings. The summed E-state index contributed by atoms with van der Waals surface area (Å²) in [6.07, 6.45) is -1.16. The molecule has 242 valence electrons. The van der Waals surface area contributed by atoms with E-state index < -0.39 is 41.2 Å². The van der Waals surface area contributed by atoms with Crippen molar-refractivity contribution < 1.29 is 46.8 Å². The maximum absolute atomic E-state index is 14.0. The minimum absolute atomic E-state index is 0.0146. The second-order valence-corrected chi connectivity index (χ2v) is 11.8. The van der Waals surface area contributed by atoms with E-state index in [1.54, 1.807) is 77.1 Å². The van der Waals surface area contributed by atoms with Gasteiger partial charge in [-0.3, -0.25) is 5.43 Å². The van der Waals surface area contributed by atoms with Crippen LogP contribution < -0.4 is 14.9 Å². The van der Waals surface area contributed by atoms with Crippen molar-refractivity contribution in [1.29, 1.82) is 0 Å². The highest BCUT2D eigenvalue weighted by Crippen LogP contribution is 2.34. The van der Waals surface area contributed by atoms with Crippen LogP contribution in [0.25, 0.3) is 11.1 Å². The molecule has 10 nitrogen and oxygen atoms in total. The summed E-state index contributed by atoms with van der Waals surface area (Å²) in [6, 6.07) is 13.7. The summed E-state index contributed by atoms with van der Waals surface area (Å²) in [5, 5.41) is 1.23. The van der Waals surface area contributed by atoms with Gasteiger partial charge in [0.25, 0.3) is 0 Å². The lowest BCUT2D eigenvalue weighted by Gasteiger charge is -2.31. The van der Waals surface area contributed by atoms with Gasteiger partial charge in [0.1, 0.15) is 29.8 Å². The number of halogens is 2. The molecule has 0 aromatic heterocycles. The van der Waals surface area contributed by atoms with E-state index in [1.807, 2.05) is 0 Å². The standard InChI is InChI=1S/C33H38F2N2O8/c1-32(2,3)45-31(39)37(17-23-19-43-33(4,5)44-23)36-29-21(9-8-10-24(29)30(38)41-7)18-42-22-13-11-20(12-14-22)25-15-26(34)27(35)16-28(25)40-6/h8-16,23,36H,17-19H2,1-7H3/t23-/m0/s1. The van der Waals surface area contributed by atoms with E-state index in [-0.39, 0.29) is 36.8 Å². The van der Waals surface area contributed by atoms with Crippen LogP contribution in [-0.4, -0.2) is 61.9 Å². The van der Waals surface area contributed by atoms with Crippen molar-refractivity contribution in [2.75, 3.05) is 32.8 Å². The molecule has 45 heavy (non-hydrogen) atoms. The lowest BCUT2D eigenvalue weighted by Crippen LogP contribution is -2.45. The highest BCUT2D eigenvalue weighted by Gasteiger charge is 2.36. The summed E-state index contributed by atoms with van der Waals surface area (Å²) in [6.45, 7) is 9.07. The molecule has 0 unspecified atom stereocenters. The van der Waals surface area contributed by atoms with Crippen LogP contribution in [0.1, 0.15) is 50.5 Å². The van der Waals surface area contributed by atoms with Crippen molar-refractivity contribution in [2.24, 2.45) is 0 Å². The number of hydrogen-bond donors (Lipinski definition) is 1. The first-order valence-corrected chi connectivity index (χ1v) is 14.2. The van der Waals surface area contributed by atoms with Crippen LogP contribution >= 0.6 is 0 Å². The van der Waals surface area contributed by atoms with E-state index in [0.717, 1.165) is 12.1 Å². The van der Waals surface area contributed by atoms with E-state index >= 15 is 0 Å². The largest absolute Gasteiger partial charge is 0.496 e. The Morgan fingerprint density at radius 2 is 1.73 bits per heavy atom. The number of carbonyl (C=O) groups is 2. The molecule has 1 fully saturated rings. The van der Waals surface area contributed by atoms with Gasteiger partial charge >= 0.3 is 12.1 Å². The van der Waals surface area contributed by atoms with Crippen molar-refractivity contribution in [1.82, 2.24) is 5.01 Å². The van der Waals surface area contributed by atoms with Gasteiger partial charge < -0.3 is 28.4 Å². The smallest absolute Gasteiger partial charge is 0.429 e. The molecule has 0 aliphatic carbocycles. The number of anilines is 1. The monoisotopic (exact) mass is 628 g/mol. The third-order valence-corrected chi connectivity index (χ3v) is 6.67. The van der Waals surface area contributed by atoms with Crippen LogP contribution in [0.3, 0.4) is 0 Å². The van der Waals surface area contributed by atoms with Gasteiger partial charge in [0, 0.05) is 17.2 Å². The maximum atomic E-state index is 14.0. The molecule has 4 rings (SSSR count). The van der Waals surface area contributed by atoms with Crippen molar-refractivity contribution in [3.05, 3.63) is 77.4 Å². The summed E-state index contributed by atoms with van der Waals surface area (Å²) in [5.74, 6) is -2.81. The van der Waals surface area contributed by atoms with Crippen molar-refractivity contribution in [3.63, 3.8) is 0 Å². The Bertz CT molecular complexity index is 1520. The SMILES string of the molecule is COC(=O)c1cccc(COc2ccc(-c3cc(F)c(F)cc3OC)cc2)c1NN(C[C@H]1COC(C)(C)O1)C(=O)OC(C)(C)C. The number of carbonyl (C=O) groups excluding carboxylic acids is 2. The van der Waals surface area contributed by atoms with Crippen LogP contribution in [0.5, 0.6) is 11.5 Å². The van der Waals surface area contributed by atoms with Gasteiger partial charge in [0.15, 0.2) is 17.4 Å². The molecular weight excluding hydrogens is 590 g/mol. The zero-order chi connectivity index (χ0) is 32.9. The highest BCUT2D eigenvalue weighted by atomic mass is 19.2. The van der Waals surface area contributed by atoms with E-state index in [9.17, 15) is 18.4 Å². The molecular formula is C33H38F2N2O8. The van der Waals surface area contributed by atoms with E-state index in [4.69, 9.17) is 28.4 Å². The Hall–Kier alpha value is -4.42. The number of rotatable bonds is 10. The molecule has 1 heterocycles. The summed E-state index contributed by atoms with van der Waals surface area (Å²) in [7, 11) is 2.64. The Labute approximate surface area is 261 Å². The van der Waals surface area contributed by atoms with E-state index in [1.165, 1.54) is 19.2 Å². The number of methoxy groups -OCH3 is 2. The number of ether oxygens (including phenoxy) is 6. The van der Waals surface area contributed by atoms with Crippen molar-refractivity contribution >= 4 is 17.7 Å². The minimum Gasteiger partial charge on any atom is -0.496 e. The summed E-state index contributed by atoms with van der Waals surface area (Å²) in [5.41, 5.74) is 4.19. The number of para-hydroxylation sites is 1. The number of nitrogens with one attached hydrogen (secondary N) is 1. The first-order valence-electron chi connectivity index (χ1n) is 14.2. The molecule has 1 aliphatic heterocycles. The Balaban J connectivity index is 1.60. The molecule has 0 spiro atoms. The van der Waals surface area contributed by atoms with E-state index in [0.29, 0.717) is 22.4 Å². The zero-order valence-electron chi connectivity index (χ0n) is 26.4. The molecule has 3 aromatic carbocycles. The van der Waals surface area contributed by atoms with Crippen LogP contribution in [0.15, 0.2) is 54.6 Å². The second kappa shape index (κ2) is 13.7. The van der Waals surface area contributed by atoms with Gasteiger partial charge in [0.05, 0.1) is 38.6 Å². The van der Waals surface area contributed by atoms with Gasteiger partial charge in [-0.25, -0.2) is 23.4 Å². The van der Waals surface area contributed by atoms with Gasteiger partial charge in [-0.05, 0) is 64.4 Å². The fraction of sp³-hybridized carbons (Fsp3) is 0.394. The number of hydrogen-bond acceptors (Lipinski definition) is 9. The number of amides is 1. The quantitative estimate of drug-likeness (QED) is 0.194. The van der Waals surface area contributed by atoms with Gasteiger partial charge in [-0.1, -0.05) is 24.3 Å². The van der Waals surface area contributed by atoms with E-state index in [2.05, 4.69) is 5.43 Å². The van der Waals surface area contributed by atoms with Gasteiger partial charge in [0.2, 0.25) is 0 Å². The van der Waals surface area contributed by atoms with Crippen LogP contribution in [0.2, 0.25) is 0 Å². The molecule has 1 amide bonds. The third kappa shape index (κ3) is 8.61. The molecule has 1 saturated heterocycles. The highest BCUT2D eigenvalue weighted by molar-refractivity contribution is 5.96. The maximum Gasteiger partial charge on any atom is 0.429 e. The molecule has 1 aliphatic rings. The molecule has 1 N–H and O–H groups in total. The summed E-state index contributed by atoms with van der Waals surface area (Å²) in [4.78, 5) is 26.1.